The lowest BCUT2D eigenvalue weighted by molar-refractivity contribution is 0.118. The summed E-state index contributed by atoms with van der Waals surface area (Å²) in [4.78, 5) is 13.1. The minimum Gasteiger partial charge on any atom is -0.447 e. The summed E-state index contributed by atoms with van der Waals surface area (Å²) < 4.78 is 4.63. The molecule has 1 saturated carbocycles. The highest BCUT2D eigenvalue weighted by Gasteiger charge is 2.25. The van der Waals surface area contributed by atoms with Gasteiger partial charge in [-0.25, -0.2) is 4.79 Å². The number of alkyl carbamates (subject to hydrolysis) is 1. The number of amides is 1. The maximum Gasteiger partial charge on any atom is 0.407 e. The van der Waals surface area contributed by atoms with E-state index in [1.807, 2.05) is 0 Å². The molecule has 0 bridgehead atoms. The highest BCUT2D eigenvalue weighted by Crippen LogP contribution is 2.24. The van der Waals surface area contributed by atoms with E-state index in [1.165, 1.54) is 12.8 Å². The van der Waals surface area contributed by atoms with E-state index in [0.29, 0.717) is 12.6 Å². The van der Waals surface area contributed by atoms with E-state index in [4.69, 9.17) is 5.11 Å². The van der Waals surface area contributed by atoms with Crippen molar-refractivity contribution in [3.63, 3.8) is 0 Å². The predicted octanol–water partition coefficient (Wildman–Crippen LogP) is -0.201. The Kier molecular flexibility index (Phi) is 4.69. The number of hydrogen-bond donors (Lipinski definition) is 2. The number of aliphatic hydroxyl groups is 1. The van der Waals surface area contributed by atoms with Gasteiger partial charge in [0.15, 0.2) is 0 Å². The molecular formula is C9H18N2O3. The molecule has 0 spiro atoms. The second-order valence-electron chi connectivity index (χ2n) is 3.50. The highest BCUT2D eigenvalue weighted by molar-refractivity contribution is 5.67. The van der Waals surface area contributed by atoms with Gasteiger partial charge in [-0.15, -0.1) is 0 Å². The Labute approximate surface area is 84.0 Å². The molecule has 5 nitrogen and oxygen atoms in total. The predicted molar refractivity (Wildman–Crippen MR) is 52.1 cm³/mol. The first-order chi connectivity index (χ1) is 6.74. The topological polar surface area (TPSA) is 61.8 Å². The van der Waals surface area contributed by atoms with Crippen molar-refractivity contribution in [3.8, 4) is 0 Å². The van der Waals surface area contributed by atoms with Crippen LogP contribution in [0.1, 0.15) is 12.8 Å². The quantitative estimate of drug-likeness (QED) is 0.626. The lowest BCUT2D eigenvalue weighted by Crippen LogP contribution is -2.34. The van der Waals surface area contributed by atoms with Crippen LogP contribution in [0, 0.1) is 0 Å². The van der Waals surface area contributed by atoms with Crippen LogP contribution in [0.3, 0.4) is 0 Å². The van der Waals surface area contributed by atoms with Gasteiger partial charge in [-0.3, -0.25) is 0 Å². The molecule has 0 saturated heterocycles. The van der Waals surface area contributed by atoms with Gasteiger partial charge >= 0.3 is 6.09 Å². The minimum atomic E-state index is -0.455. The molecule has 5 heteroatoms. The molecule has 1 aliphatic carbocycles. The minimum absolute atomic E-state index is 0.0598. The summed E-state index contributed by atoms with van der Waals surface area (Å²) in [6, 6.07) is 0.713. The second-order valence-corrected chi connectivity index (χ2v) is 3.50. The third-order valence-electron chi connectivity index (χ3n) is 2.23. The Morgan fingerprint density at radius 1 is 1.64 bits per heavy atom. The van der Waals surface area contributed by atoms with E-state index in [1.54, 1.807) is 0 Å². The zero-order valence-electron chi connectivity index (χ0n) is 8.53. The van der Waals surface area contributed by atoms with E-state index in [9.17, 15) is 4.79 Å². The number of aliphatic hydroxyl groups excluding tert-OH is 1. The summed E-state index contributed by atoms with van der Waals surface area (Å²) in [6.45, 7) is 1.37. The summed E-state index contributed by atoms with van der Waals surface area (Å²) in [6.07, 6.45) is 2.08. The van der Waals surface area contributed by atoms with Crippen molar-refractivity contribution in [2.75, 3.05) is 33.4 Å². The smallest absolute Gasteiger partial charge is 0.407 e. The number of likely N-dealkylation sites (N-methyl/N-ethyl adjacent to an activating group) is 1. The molecule has 0 unspecified atom stereocenters. The van der Waals surface area contributed by atoms with Crippen LogP contribution in [0.5, 0.6) is 0 Å². The summed E-state index contributed by atoms with van der Waals surface area (Å²) in [7, 11) is 2.05. The number of nitrogens with zero attached hydrogens (tertiary/aromatic N) is 1. The van der Waals surface area contributed by atoms with Gasteiger partial charge in [-0.2, -0.15) is 0 Å². The first kappa shape index (κ1) is 11.3. The van der Waals surface area contributed by atoms with E-state index in [0.717, 1.165) is 6.54 Å². The summed E-state index contributed by atoms with van der Waals surface area (Å²) in [5, 5.41) is 11.0. The van der Waals surface area contributed by atoms with Gasteiger partial charge in [0.05, 0.1) is 6.61 Å². The highest BCUT2D eigenvalue weighted by atomic mass is 16.6. The first-order valence-electron chi connectivity index (χ1n) is 4.95. The first-order valence-corrected chi connectivity index (χ1v) is 4.95. The fourth-order valence-electron chi connectivity index (χ4n) is 1.22. The van der Waals surface area contributed by atoms with Crippen molar-refractivity contribution < 1.29 is 14.6 Å². The van der Waals surface area contributed by atoms with Gasteiger partial charge in [0.2, 0.25) is 0 Å². The zero-order valence-corrected chi connectivity index (χ0v) is 8.53. The summed E-state index contributed by atoms with van der Waals surface area (Å²) in [5.41, 5.74) is 0. The lowest BCUT2D eigenvalue weighted by atomic mass is 10.5. The molecule has 1 fully saturated rings. The average Bonchev–Trinajstić information content (AvgIpc) is 2.97. The molecule has 0 aromatic carbocycles. The molecule has 14 heavy (non-hydrogen) atoms. The van der Waals surface area contributed by atoms with Crippen LogP contribution in [0.25, 0.3) is 0 Å². The lowest BCUT2D eigenvalue weighted by Gasteiger charge is -2.15. The van der Waals surface area contributed by atoms with E-state index >= 15 is 0 Å². The van der Waals surface area contributed by atoms with Crippen molar-refractivity contribution in [1.29, 1.82) is 0 Å². The van der Waals surface area contributed by atoms with Crippen LogP contribution in [0.15, 0.2) is 0 Å². The Bertz CT molecular complexity index is 183. The maximum absolute atomic E-state index is 10.9. The normalized spacial score (nSPS) is 15.6. The van der Waals surface area contributed by atoms with Crippen LogP contribution in [-0.4, -0.2) is 55.5 Å². The Hall–Kier alpha value is -0.810. The fraction of sp³-hybridized carbons (Fsp3) is 0.889. The number of carbonyl (C=O) groups is 1. The Morgan fingerprint density at radius 3 is 2.93 bits per heavy atom. The Balaban J connectivity index is 1.94. The van der Waals surface area contributed by atoms with Crippen molar-refractivity contribution in [2.24, 2.45) is 0 Å². The molecule has 0 radical (unpaired) electrons. The van der Waals surface area contributed by atoms with Crippen molar-refractivity contribution in [3.05, 3.63) is 0 Å². The number of carbonyl (C=O) groups excluding carboxylic acids is 1. The molecule has 82 valence electrons. The molecule has 2 N–H and O–H groups in total. The monoisotopic (exact) mass is 202 g/mol. The molecule has 1 rings (SSSR count). The maximum atomic E-state index is 10.9. The fourth-order valence-corrected chi connectivity index (χ4v) is 1.22. The molecule has 0 aliphatic heterocycles. The summed E-state index contributed by atoms with van der Waals surface area (Å²) in [5.74, 6) is 0. The largest absolute Gasteiger partial charge is 0.447 e. The average molecular weight is 202 g/mol. The number of nitrogens with one attached hydrogen (secondary N) is 1. The van der Waals surface area contributed by atoms with Gasteiger partial charge in [-0.05, 0) is 19.9 Å². The second kappa shape index (κ2) is 5.82. The van der Waals surface area contributed by atoms with E-state index < -0.39 is 6.09 Å². The molecule has 0 heterocycles. The summed E-state index contributed by atoms with van der Waals surface area (Å²) >= 11 is 0. The standard InChI is InChI=1S/C9H18N2O3/c1-11(8-2-3-8)5-4-10-9(13)14-7-6-12/h8,12H,2-7H2,1H3,(H,10,13). The number of hydrogen-bond acceptors (Lipinski definition) is 4. The van der Waals surface area contributed by atoms with Crippen LogP contribution in [-0.2, 0) is 4.74 Å². The molecular weight excluding hydrogens is 184 g/mol. The molecule has 1 amide bonds. The number of rotatable bonds is 6. The SMILES string of the molecule is CN(CCNC(=O)OCCO)C1CC1. The van der Waals surface area contributed by atoms with Gasteiger partial charge in [0.25, 0.3) is 0 Å². The molecule has 0 aromatic heterocycles. The van der Waals surface area contributed by atoms with Gasteiger partial charge in [-0.1, -0.05) is 0 Å². The molecule has 1 aliphatic rings. The van der Waals surface area contributed by atoms with E-state index in [2.05, 4.69) is 22.0 Å². The van der Waals surface area contributed by atoms with Crippen LogP contribution in [0.2, 0.25) is 0 Å². The van der Waals surface area contributed by atoms with Gasteiger partial charge < -0.3 is 20.1 Å². The third-order valence-corrected chi connectivity index (χ3v) is 2.23. The molecule has 0 aromatic rings. The van der Waals surface area contributed by atoms with E-state index in [-0.39, 0.29) is 13.2 Å². The van der Waals surface area contributed by atoms with Crippen molar-refractivity contribution in [1.82, 2.24) is 10.2 Å². The van der Waals surface area contributed by atoms with Crippen LogP contribution in [0.4, 0.5) is 4.79 Å². The van der Waals surface area contributed by atoms with Crippen molar-refractivity contribution in [2.45, 2.75) is 18.9 Å². The van der Waals surface area contributed by atoms with Crippen LogP contribution < -0.4 is 5.32 Å². The van der Waals surface area contributed by atoms with Crippen LogP contribution >= 0.6 is 0 Å². The third kappa shape index (κ3) is 4.43. The molecule has 0 atom stereocenters. The Morgan fingerprint density at radius 2 is 2.36 bits per heavy atom. The van der Waals surface area contributed by atoms with Gasteiger partial charge in [0.1, 0.15) is 6.61 Å². The number of ether oxygens (including phenoxy) is 1. The van der Waals surface area contributed by atoms with Gasteiger partial charge in [0, 0.05) is 19.1 Å². The zero-order chi connectivity index (χ0) is 10.4. The van der Waals surface area contributed by atoms with Crippen molar-refractivity contribution >= 4 is 6.09 Å².